The second-order valence-electron chi connectivity index (χ2n) is 3.93. The largest absolute Gasteiger partial charge is 0.377 e. The van der Waals surface area contributed by atoms with Gasteiger partial charge in [-0.05, 0) is 18.2 Å². The smallest absolute Gasteiger partial charge is 0.0819 e. The Balaban J connectivity index is 1.70. The van der Waals surface area contributed by atoms with Gasteiger partial charge in [-0.3, -0.25) is 5.10 Å². The van der Waals surface area contributed by atoms with Gasteiger partial charge in [0, 0.05) is 12.4 Å². The third-order valence-corrected chi connectivity index (χ3v) is 2.64. The highest BCUT2D eigenvalue weighted by Crippen LogP contribution is 2.08. The number of hydrogen-bond acceptors (Lipinski definition) is 3. The predicted molar refractivity (Wildman–Crippen MR) is 69.5 cm³/mol. The van der Waals surface area contributed by atoms with E-state index in [1.807, 2.05) is 53.5 Å². The van der Waals surface area contributed by atoms with Crippen molar-refractivity contribution in [1.82, 2.24) is 20.0 Å². The van der Waals surface area contributed by atoms with Gasteiger partial charge in [-0.15, -0.1) is 0 Å². The highest BCUT2D eigenvalue weighted by Gasteiger charge is 2.01. The van der Waals surface area contributed by atoms with Crippen molar-refractivity contribution in [3.63, 3.8) is 0 Å². The summed E-state index contributed by atoms with van der Waals surface area (Å²) in [6, 6.07) is 12.1. The van der Waals surface area contributed by atoms with Crippen molar-refractivity contribution in [2.24, 2.45) is 0 Å². The molecule has 0 aliphatic heterocycles. The summed E-state index contributed by atoms with van der Waals surface area (Å²) in [4.78, 5) is 0. The number of rotatable bonds is 4. The van der Waals surface area contributed by atoms with Crippen LogP contribution in [0.2, 0.25) is 0 Å². The summed E-state index contributed by atoms with van der Waals surface area (Å²) >= 11 is 0. The number of aromatic nitrogens is 4. The Bertz CT molecular complexity index is 597. The van der Waals surface area contributed by atoms with Crippen LogP contribution < -0.4 is 5.32 Å². The van der Waals surface area contributed by atoms with Crippen LogP contribution in [-0.2, 0) is 6.54 Å². The van der Waals surface area contributed by atoms with Crippen LogP contribution in [0.15, 0.2) is 55.0 Å². The lowest BCUT2D eigenvalue weighted by Crippen LogP contribution is -2.01. The topological polar surface area (TPSA) is 58.5 Å². The number of nitrogens with zero attached hydrogens (tertiary/aromatic N) is 3. The van der Waals surface area contributed by atoms with Gasteiger partial charge in [0.1, 0.15) is 0 Å². The van der Waals surface area contributed by atoms with Crippen molar-refractivity contribution >= 4 is 5.69 Å². The zero-order chi connectivity index (χ0) is 12.2. The summed E-state index contributed by atoms with van der Waals surface area (Å²) in [5.74, 6) is 0. The SMILES string of the molecule is c1ccc(-n2ccc(CNc3cn[nH]c3)n2)cc1. The lowest BCUT2D eigenvalue weighted by atomic mass is 10.3. The predicted octanol–water partition coefficient (Wildman–Crippen LogP) is 2.21. The van der Waals surface area contributed by atoms with Crippen molar-refractivity contribution in [2.45, 2.75) is 6.54 Å². The van der Waals surface area contributed by atoms with Gasteiger partial charge >= 0.3 is 0 Å². The first kappa shape index (κ1) is 10.6. The fraction of sp³-hybridized carbons (Fsp3) is 0.0769. The summed E-state index contributed by atoms with van der Waals surface area (Å²) in [7, 11) is 0. The molecular weight excluding hydrogens is 226 g/mol. The van der Waals surface area contributed by atoms with Crippen LogP contribution in [0.25, 0.3) is 5.69 Å². The monoisotopic (exact) mass is 239 g/mol. The van der Waals surface area contributed by atoms with E-state index in [-0.39, 0.29) is 0 Å². The van der Waals surface area contributed by atoms with Gasteiger partial charge in [0.25, 0.3) is 0 Å². The number of anilines is 1. The molecular formula is C13H13N5. The number of nitrogens with one attached hydrogen (secondary N) is 2. The van der Waals surface area contributed by atoms with E-state index in [0.717, 1.165) is 17.1 Å². The maximum absolute atomic E-state index is 4.50. The number of H-pyrrole nitrogens is 1. The summed E-state index contributed by atoms with van der Waals surface area (Å²) in [5.41, 5.74) is 3.01. The lowest BCUT2D eigenvalue weighted by molar-refractivity contribution is 0.844. The van der Waals surface area contributed by atoms with Crippen LogP contribution in [-0.4, -0.2) is 20.0 Å². The Morgan fingerprint density at radius 3 is 2.83 bits per heavy atom. The van der Waals surface area contributed by atoms with Gasteiger partial charge in [-0.2, -0.15) is 10.2 Å². The van der Waals surface area contributed by atoms with Crippen LogP contribution in [0.4, 0.5) is 5.69 Å². The molecule has 90 valence electrons. The number of para-hydroxylation sites is 1. The van der Waals surface area contributed by atoms with E-state index in [9.17, 15) is 0 Å². The van der Waals surface area contributed by atoms with E-state index in [1.165, 1.54) is 0 Å². The van der Waals surface area contributed by atoms with E-state index >= 15 is 0 Å². The highest BCUT2D eigenvalue weighted by atomic mass is 15.3. The third-order valence-electron chi connectivity index (χ3n) is 2.64. The van der Waals surface area contributed by atoms with Gasteiger partial charge in [0.05, 0.1) is 29.8 Å². The van der Waals surface area contributed by atoms with E-state index in [2.05, 4.69) is 20.6 Å². The van der Waals surface area contributed by atoms with Crippen LogP contribution in [0.1, 0.15) is 5.69 Å². The molecule has 2 aromatic heterocycles. The molecule has 1 aromatic carbocycles. The average Bonchev–Trinajstić information content (AvgIpc) is 3.09. The first-order valence-corrected chi connectivity index (χ1v) is 5.74. The van der Waals surface area contributed by atoms with Crippen molar-refractivity contribution in [3.05, 3.63) is 60.7 Å². The van der Waals surface area contributed by atoms with Crippen molar-refractivity contribution in [2.75, 3.05) is 5.32 Å². The maximum atomic E-state index is 4.50. The minimum absolute atomic E-state index is 0.680. The minimum atomic E-state index is 0.680. The fourth-order valence-electron chi connectivity index (χ4n) is 1.72. The fourth-order valence-corrected chi connectivity index (χ4v) is 1.72. The Labute approximate surface area is 104 Å². The van der Waals surface area contributed by atoms with Crippen LogP contribution in [0, 0.1) is 0 Å². The summed E-state index contributed by atoms with van der Waals surface area (Å²) in [5, 5.41) is 14.4. The maximum Gasteiger partial charge on any atom is 0.0819 e. The number of hydrogen-bond donors (Lipinski definition) is 2. The molecule has 0 bridgehead atoms. The molecule has 0 fully saturated rings. The molecule has 3 rings (SSSR count). The van der Waals surface area contributed by atoms with Gasteiger partial charge < -0.3 is 5.32 Å². The molecule has 18 heavy (non-hydrogen) atoms. The molecule has 0 amide bonds. The second kappa shape index (κ2) is 4.75. The average molecular weight is 239 g/mol. The third kappa shape index (κ3) is 2.24. The molecule has 0 aliphatic rings. The van der Waals surface area contributed by atoms with Crippen LogP contribution in [0.3, 0.4) is 0 Å². The summed E-state index contributed by atoms with van der Waals surface area (Å²) < 4.78 is 1.87. The molecule has 5 nitrogen and oxygen atoms in total. The van der Waals surface area contributed by atoms with Gasteiger partial charge in [0.2, 0.25) is 0 Å². The summed E-state index contributed by atoms with van der Waals surface area (Å²) in [6.07, 6.45) is 5.52. The van der Waals surface area contributed by atoms with Crippen LogP contribution in [0.5, 0.6) is 0 Å². The lowest BCUT2D eigenvalue weighted by Gasteiger charge is -2.01. The molecule has 0 saturated heterocycles. The van der Waals surface area contributed by atoms with Crippen molar-refractivity contribution in [3.8, 4) is 5.69 Å². The van der Waals surface area contributed by atoms with Crippen molar-refractivity contribution in [1.29, 1.82) is 0 Å². The molecule has 0 saturated carbocycles. The zero-order valence-electron chi connectivity index (χ0n) is 9.74. The van der Waals surface area contributed by atoms with E-state index in [0.29, 0.717) is 6.54 Å². The molecule has 3 aromatic rings. The highest BCUT2D eigenvalue weighted by molar-refractivity contribution is 5.38. The Hall–Kier alpha value is -2.56. The molecule has 5 heteroatoms. The Kier molecular flexibility index (Phi) is 2.79. The molecule has 2 heterocycles. The summed E-state index contributed by atoms with van der Waals surface area (Å²) in [6.45, 7) is 0.680. The van der Waals surface area contributed by atoms with Crippen LogP contribution >= 0.6 is 0 Å². The Morgan fingerprint density at radius 2 is 2.06 bits per heavy atom. The van der Waals surface area contributed by atoms with E-state index in [1.54, 1.807) is 6.20 Å². The first-order valence-electron chi connectivity index (χ1n) is 5.74. The molecule has 0 aliphatic carbocycles. The Morgan fingerprint density at radius 1 is 1.17 bits per heavy atom. The quantitative estimate of drug-likeness (QED) is 0.733. The van der Waals surface area contributed by atoms with Gasteiger partial charge in [0.15, 0.2) is 0 Å². The molecule has 0 spiro atoms. The molecule has 2 N–H and O–H groups in total. The second-order valence-corrected chi connectivity index (χ2v) is 3.93. The number of aromatic amines is 1. The molecule has 0 atom stereocenters. The van der Waals surface area contributed by atoms with Gasteiger partial charge in [-0.25, -0.2) is 4.68 Å². The number of benzene rings is 1. The van der Waals surface area contributed by atoms with E-state index in [4.69, 9.17) is 0 Å². The molecule has 0 radical (unpaired) electrons. The van der Waals surface area contributed by atoms with E-state index < -0.39 is 0 Å². The standard InChI is InChI=1S/C13H13N5/c1-2-4-13(5-3-1)18-7-6-11(17-18)8-14-12-9-15-16-10-12/h1-7,9-10,14H,8H2,(H,15,16). The van der Waals surface area contributed by atoms with Crippen molar-refractivity contribution < 1.29 is 0 Å². The minimum Gasteiger partial charge on any atom is -0.377 e. The normalized spacial score (nSPS) is 10.4. The zero-order valence-corrected chi connectivity index (χ0v) is 9.74. The van der Waals surface area contributed by atoms with Gasteiger partial charge in [-0.1, -0.05) is 18.2 Å². The first-order chi connectivity index (χ1) is 8.92. The molecule has 0 unspecified atom stereocenters.